The highest BCUT2D eigenvalue weighted by molar-refractivity contribution is 5.74. The Hall–Kier alpha value is -2.71. The van der Waals surface area contributed by atoms with Gasteiger partial charge in [-0.3, -0.25) is 0 Å². The highest BCUT2D eigenvalue weighted by Crippen LogP contribution is 2.36. The lowest BCUT2D eigenvalue weighted by molar-refractivity contribution is 0.0241. The van der Waals surface area contributed by atoms with Crippen molar-refractivity contribution >= 4 is 11.8 Å². The van der Waals surface area contributed by atoms with Gasteiger partial charge >= 0.3 is 6.03 Å². The number of nitrogens with zero attached hydrogens (tertiary/aromatic N) is 4. The summed E-state index contributed by atoms with van der Waals surface area (Å²) in [7, 11) is 0. The summed E-state index contributed by atoms with van der Waals surface area (Å²) in [4.78, 5) is 22.6. The number of anilines is 1. The molecule has 9 heteroatoms. The molecule has 4 aliphatic rings. The minimum absolute atomic E-state index is 0.178. The van der Waals surface area contributed by atoms with Gasteiger partial charge in [0.1, 0.15) is 5.82 Å². The number of hydrogen-bond donors (Lipinski definition) is 2. The minimum atomic E-state index is -2.91. The lowest BCUT2D eigenvalue weighted by Crippen LogP contribution is -2.43. The van der Waals surface area contributed by atoms with Crippen molar-refractivity contribution in [1.29, 1.82) is 0 Å². The van der Waals surface area contributed by atoms with E-state index in [1.54, 1.807) is 17.3 Å². The van der Waals surface area contributed by atoms with Gasteiger partial charge in [-0.15, -0.1) is 0 Å². The molecule has 7 nitrogen and oxygen atoms in total. The van der Waals surface area contributed by atoms with Crippen LogP contribution in [0.3, 0.4) is 0 Å². The Labute approximate surface area is 162 Å². The van der Waals surface area contributed by atoms with Crippen LogP contribution in [-0.4, -0.2) is 51.0 Å². The molecule has 0 aromatic rings. The molecule has 0 radical (unpaired) electrons. The average Bonchev–Trinajstić information content (AvgIpc) is 3.31. The van der Waals surface area contributed by atoms with Crippen molar-refractivity contribution in [2.24, 2.45) is 11.8 Å². The van der Waals surface area contributed by atoms with Crippen molar-refractivity contribution in [3.8, 4) is 11.5 Å². The molecule has 1 saturated heterocycles. The normalized spacial score (nSPS) is 22.0. The van der Waals surface area contributed by atoms with E-state index in [2.05, 4.69) is 32.1 Å². The van der Waals surface area contributed by atoms with Crippen LogP contribution in [0, 0.1) is 11.8 Å². The molecule has 0 spiro atoms. The maximum absolute atomic E-state index is 13.1. The van der Waals surface area contributed by atoms with Crippen LogP contribution in [0.25, 0.3) is 11.5 Å². The Bertz CT molecular complexity index is 874. The molecule has 4 heterocycles. The van der Waals surface area contributed by atoms with Crippen LogP contribution >= 0.6 is 0 Å². The highest BCUT2D eigenvalue weighted by Gasteiger charge is 2.38. The van der Waals surface area contributed by atoms with Crippen LogP contribution in [-0.2, 0) is 6.54 Å². The molecule has 0 aliphatic carbocycles. The number of nitrogens with one attached hydrogen (secondary N) is 2. The number of aromatic nitrogens is 3. The van der Waals surface area contributed by atoms with Gasteiger partial charge in [0.05, 0.1) is 18.4 Å². The predicted octanol–water partition coefficient (Wildman–Crippen LogP) is 3.02. The van der Waals surface area contributed by atoms with Crippen molar-refractivity contribution in [3.63, 3.8) is 0 Å². The first kappa shape index (κ1) is 18.6. The SMILES string of the molecule is CC[C@@H]1CN(C(=O)NCC(C)(F)F)C[C@@H]1C1=CNc2cnc3nccc-3n2C1. The molecule has 28 heavy (non-hydrogen) atoms. The molecule has 0 saturated carbocycles. The summed E-state index contributed by atoms with van der Waals surface area (Å²) in [6.07, 6.45) is 6.41. The molecule has 4 rings (SSSR count). The zero-order chi connectivity index (χ0) is 19.9. The zero-order valence-corrected chi connectivity index (χ0v) is 16.0. The Morgan fingerprint density at radius 3 is 2.96 bits per heavy atom. The van der Waals surface area contributed by atoms with E-state index in [9.17, 15) is 13.6 Å². The maximum atomic E-state index is 13.1. The number of halogens is 2. The Balaban J connectivity index is 1.49. The molecule has 1 fully saturated rings. The van der Waals surface area contributed by atoms with Crippen molar-refractivity contribution < 1.29 is 13.6 Å². The first-order valence-electron chi connectivity index (χ1n) is 9.52. The second-order valence-electron chi connectivity index (χ2n) is 7.66. The number of fused-ring (bicyclic) bond motifs is 3. The molecule has 2 N–H and O–H groups in total. The van der Waals surface area contributed by atoms with Gasteiger partial charge < -0.3 is 20.1 Å². The zero-order valence-electron chi connectivity index (χ0n) is 16.0. The van der Waals surface area contributed by atoms with Crippen LogP contribution in [0.2, 0.25) is 0 Å². The summed E-state index contributed by atoms with van der Waals surface area (Å²) in [5, 5.41) is 5.65. The van der Waals surface area contributed by atoms with Gasteiger partial charge in [-0.2, -0.15) is 0 Å². The van der Waals surface area contributed by atoms with Crippen molar-refractivity contribution in [3.05, 3.63) is 30.2 Å². The fourth-order valence-electron chi connectivity index (χ4n) is 4.07. The predicted molar refractivity (Wildman–Crippen MR) is 101 cm³/mol. The standard InChI is InChI=1S/C19H24F2N6O/c1-3-12-8-26(18(28)25-11-19(2,20)21)10-14(12)13-6-23-16-7-24-17-15(4-5-22-17)27(16)9-13/h4-7,12,14,23H,3,8-11H2,1-2H3,(H,25,28)/t12-,14+/m1/s1. The van der Waals surface area contributed by atoms with E-state index >= 15 is 0 Å². The van der Waals surface area contributed by atoms with E-state index in [4.69, 9.17) is 0 Å². The Morgan fingerprint density at radius 1 is 1.39 bits per heavy atom. The van der Waals surface area contributed by atoms with Gasteiger partial charge in [-0.05, 0) is 17.6 Å². The van der Waals surface area contributed by atoms with E-state index < -0.39 is 18.5 Å². The molecule has 2 atom stereocenters. The summed E-state index contributed by atoms with van der Waals surface area (Å²) >= 11 is 0. The number of carbonyl (C=O) groups excluding carboxylic acids is 1. The molecule has 0 bridgehead atoms. The van der Waals surface area contributed by atoms with Gasteiger partial charge in [0, 0.05) is 44.9 Å². The van der Waals surface area contributed by atoms with E-state index in [0.717, 1.165) is 24.9 Å². The van der Waals surface area contributed by atoms with E-state index in [1.165, 1.54) is 5.57 Å². The first-order chi connectivity index (χ1) is 13.4. The maximum Gasteiger partial charge on any atom is 0.317 e. The summed E-state index contributed by atoms with van der Waals surface area (Å²) in [6.45, 7) is 4.04. The van der Waals surface area contributed by atoms with Crippen LogP contribution in [0.15, 0.2) is 30.2 Å². The quantitative estimate of drug-likeness (QED) is 0.842. The van der Waals surface area contributed by atoms with E-state index in [-0.39, 0.29) is 5.92 Å². The molecule has 0 aromatic carbocycles. The number of hydrogen-bond acceptors (Lipinski definition) is 4. The number of urea groups is 1. The topological polar surface area (TPSA) is 75.1 Å². The Morgan fingerprint density at radius 2 is 2.21 bits per heavy atom. The van der Waals surface area contributed by atoms with Crippen LogP contribution in [0.1, 0.15) is 20.3 Å². The average molecular weight is 390 g/mol. The molecule has 0 unspecified atom stereocenters. The van der Waals surface area contributed by atoms with Crippen molar-refractivity contribution in [2.75, 3.05) is 25.0 Å². The van der Waals surface area contributed by atoms with Gasteiger partial charge in [0.15, 0.2) is 5.82 Å². The second kappa shape index (κ2) is 7.03. The molecular weight excluding hydrogens is 366 g/mol. The fraction of sp³-hybridized carbons (Fsp3) is 0.526. The first-order valence-corrected chi connectivity index (χ1v) is 9.52. The molecule has 0 aromatic heterocycles. The van der Waals surface area contributed by atoms with Crippen molar-refractivity contribution in [1.82, 2.24) is 24.8 Å². The lowest BCUT2D eigenvalue weighted by Gasteiger charge is -2.28. The van der Waals surface area contributed by atoms with Gasteiger partial charge in [-0.25, -0.2) is 23.5 Å². The van der Waals surface area contributed by atoms with Crippen molar-refractivity contribution in [2.45, 2.75) is 32.7 Å². The third-order valence-corrected chi connectivity index (χ3v) is 5.57. The lowest BCUT2D eigenvalue weighted by atomic mass is 9.87. The number of amides is 2. The van der Waals surface area contributed by atoms with Crippen LogP contribution in [0.4, 0.5) is 19.4 Å². The van der Waals surface area contributed by atoms with E-state index in [0.29, 0.717) is 31.4 Å². The second-order valence-corrected chi connectivity index (χ2v) is 7.66. The minimum Gasteiger partial charge on any atom is -0.347 e. The molecule has 4 aliphatic heterocycles. The number of alkyl halides is 2. The summed E-state index contributed by atoms with van der Waals surface area (Å²) in [6, 6.07) is 1.51. The summed E-state index contributed by atoms with van der Waals surface area (Å²) < 4.78 is 28.3. The van der Waals surface area contributed by atoms with Crippen LogP contribution in [0.5, 0.6) is 0 Å². The monoisotopic (exact) mass is 390 g/mol. The van der Waals surface area contributed by atoms with Gasteiger partial charge in [-0.1, -0.05) is 13.3 Å². The van der Waals surface area contributed by atoms with Gasteiger partial charge in [0.25, 0.3) is 5.92 Å². The van der Waals surface area contributed by atoms with Gasteiger partial charge in [0.2, 0.25) is 0 Å². The highest BCUT2D eigenvalue weighted by atomic mass is 19.3. The fourth-order valence-corrected chi connectivity index (χ4v) is 4.07. The number of carbonyl (C=O) groups is 1. The Kier molecular flexibility index (Phi) is 4.68. The van der Waals surface area contributed by atoms with E-state index in [1.807, 2.05) is 12.3 Å². The largest absolute Gasteiger partial charge is 0.347 e. The molecule has 150 valence electrons. The number of likely N-dealkylation sites (tertiary alicyclic amines) is 1. The molecular formula is C19H24F2N6O. The smallest absolute Gasteiger partial charge is 0.317 e. The number of rotatable bonds is 4. The van der Waals surface area contributed by atoms with Crippen LogP contribution < -0.4 is 10.6 Å². The summed E-state index contributed by atoms with van der Waals surface area (Å²) in [5.41, 5.74) is 2.15. The molecule has 2 amide bonds. The third-order valence-electron chi connectivity index (χ3n) is 5.57. The third kappa shape index (κ3) is 3.53. The summed E-state index contributed by atoms with van der Waals surface area (Å²) in [5.74, 6) is -0.848.